The number of nitrogens with zero attached hydrogens (tertiary/aromatic N) is 2. The Hall–Kier alpha value is -0.773. The van der Waals surface area contributed by atoms with Gasteiger partial charge in [0.05, 0.1) is 29.3 Å². The van der Waals surface area contributed by atoms with E-state index < -0.39 is 8.32 Å². The summed E-state index contributed by atoms with van der Waals surface area (Å²) >= 11 is 4.12. The first kappa shape index (κ1) is 28.8. The Morgan fingerprint density at radius 3 is 2.46 bits per heavy atom. The third-order valence-corrected chi connectivity index (χ3v) is 13.5. The Bertz CT molecular complexity index is 949. The first-order valence-corrected chi connectivity index (χ1v) is 16.7. The summed E-state index contributed by atoms with van der Waals surface area (Å²) in [4.78, 5) is 0. The van der Waals surface area contributed by atoms with Crippen LogP contribution in [0.4, 0.5) is 0 Å². The fraction of sp³-hybridized carbons (Fsp3) is 0.741. The van der Waals surface area contributed by atoms with Crippen LogP contribution in [0.25, 0.3) is 10.9 Å². The first-order valence-electron chi connectivity index (χ1n) is 13.0. The number of aromatic nitrogens is 2. The average Bonchev–Trinajstić information content (AvgIpc) is 3.37. The first-order chi connectivity index (χ1) is 16.5. The lowest BCUT2D eigenvalue weighted by molar-refractivity contribution is -0.0366. The molecular weight excluding hydrogens is 524 g/mol. The topological polar surface area (TPSA) is 54.7 Å². The van der Waals surface area contributed by atoms with Gasteiger partial charge >= 0.3 is 0 Å². The van der Waals surface area contributed by atoms with Gasteiger partial charge in [0.25, 0.3) is 0 Å². The molecule has 1 aliphatic heterocycles. The molecule has 2 atom stereocenters. The number of fused-ring (bicyclic) bond motifs is 2. The molecule has 2 aliphatic rings. The SMILES string of the molecule is CC(C)(C)[Si](C)(C)OCCC1(Br)CCc2cc3c(cnn3C3CCCCO3)cc21.COCCOC. The molecule has 35 heavy (non-hydrogen) atoms. The van der Waals surface area contributed by atoms with Crippen LogP contribution in [0, 0.1) is 0 Å². The molecular formula is C27H45BrN2O4Si. The van der Waals surface area contributed by atoms with Gasteiger partial charge in [-0.25, -0.2) is 4.68 Å². The fourth-order valence-electron chi connectivity index (χ4n) is 4.48. The maximum atomic E-state index is 6.48. The second-order valence-electron chi connectivity index (χ2n) is 11.3. The van der Waals surface area contributed by atoms with Gasteiger partial charge in [-0.15, -0.1) is 0 Å². The number of hydrogen-bond donors (Lipinski definition) is 0. The van der Waals surface area contributed by atoms with Crippen molar-refractivity contribution < 1.29 is 18.6 Å². The van der Waals surface area contributed by atoms with Crippen molar-refractivity contribution in [2.45, 2.75) is 88.0 Å². The van der Waals surface area contributed by atoms with Crippen LogP contribution in [-0.4, -0.2) is 58.7 Å². The Balaban J connectivity index is 0.000000509. The van der Waals surface area contributed by atoms with Gasteiger partial charge in [-0.1, -0.05) is 36.7 Å². The average molecular weight is 570 g/mol. The van der Waals surface area contributed by atoms with Gasteiger partial charge in [-0.2, -0.15) is 5.10 Å². The van der Waals surface area contributed by atoms with Crippen molar-refractivity contribution in [1.82, 2.24) is 9.78 Å². The Morgan fingerprint density at radius 1 is 1.14 bits per heavy atom. The molecule has 6 nitrogen and oxygen atoms in total. The Labute approximate surface area is 221 Å². The van der Waals surface area contributed by atoms with Crippen LogP contribution in [0.1, 0.15) is 70.2 Å². The highest BCUT2D eigenvalue weighted by atomic mass is 79.9. The maximum Gasteiger partial charge on any atom is 0.191 e. The molecule has 8 heteroatoms. The van der Waals surface area contributed by atoms with Crippen LogP contribution in [0.5, 0.6) is 0 Å². The molecule has 1 fully saturated rings. The van der Waals surface area contributed by atoms with E-state index in [2.05, 4.69) is 81.2 Å². The minimum atomic E-state index is -1.71. The van der Waals surface area contributed by atoms with E-state index in [1.54, 1.807) is 14.2 Å². The van der Waals surface area contributed by atoms with Gasteiger partial charge < -0.3 is 18.6 Å². The summed E-state index contributed by atoms with van der Waals surface area (Å²) in [6.07, 6.45) is 8.78. The maximum absolute atomic E-state index is 6.48. The second kappa shape index (κ2) is 12.2. The van der Waals surface area contributed by atoms with Gasteiger partial charge in [-0.05, 0) is 79.9 Å². The largest absolute Gasteiger partial charge is 0.417 e. The molecule has 198 valence electrons. The standard InChI is InChI=1S/C23H35BrN2O2Si.C4H10O2/c1-22(2,3)29(4,5)28-13-11-23(24)10-9-17-15-20-18(14-19(17)23)16-25-26(20)21-8-6-7-12-27-21;1-5-3-4-6-2/h14-16,21H,6-13H2,1-5H3;3-4H2,1-2H3. The van der Waals surface area contributed by atoms with E-state index in [1.165, 1.54) is 28.5 Å². The summed E-state index contributed by atoms with van der Waals surface area (Å²) in [5, 5.41) is 6.15. The van der Waals surface area contributed by atoms with Crippen LogP contribution in [0.2, 0.25) is 18.1 Å². The molecule has 1 aromatic carbocycles. The van der Waals surface area contributed by atoms with Gasteiger partial charge in [0.15, 0.2) is 14.5 Å². The normalized spacial score (nSPS) is 22.7. The predicted octanol–water partition coefficient (Wildman–Crippen LogP) is 6.96. The molecule has 0 saturated carbocycles. The highest BCUT2D eigenvalue weighted by Crippen LogP contribution is 2.48. The summed E-state index contributed by atoms with van der Waals surface area (Å²) < 4.78 is 23.9. The lowest BCUT2D eigenvalue weighted by atomic mass is 9.97. The van der Waals surface area contributed by atoms with Crippen molar-refractivity contribution in [3.63, 3.8) is 0 Å². The van der Waals surface area contributed by atoms with E-state index in [0.29, 0.717) is 13.2 Å². The molecule has 0 amide bonds. The smallest absolute Gasteiger partial charge is 0.191 e. The molecule has 2 heterocycles. The number of alkyl halides is 1. The zero-order chi connectivity index (χ0) is 25.7. The van der Waals surface area contributed by atoms with Crippen molar-refractivity contribution in [3.8, 4) is 0 Å². The number of hydrogen-bond acceptors (Lipinski definition) is 5. The van der Waals surface area contributed by atoms with Gasteiger partial charge in [0.1, 0.15) is 0 Å². The summed E-state index contributed by atoms with van der Waals surface area (Å²) in [6.45, 7) is 14.6. The number of aryl methyl sites for hydroxylation is 1. The number of halogens is 1. The number of rotatable bonds is 8. The molecule has 0 radical (unpaired) electrons. The molecule has 1 saturated heterocycles. The molecule has 0 bridgehead atoms. The van der Waals surface area contributed by atoms with Crippen LogP contribution in [-0.2, 0) is 29.4 Å². The Morgan fingerprint density at radius 2 is 1.86 bits per heavy atom. The zero-order valence-electron chi connectivity index (χ0n) is 22.8. The van der Waals surface area contributed by atoms with Crippen molar-refractivity contribution in [2.75, 3.05) is 40.6 Å². The van der Waals surface area contributed by atoms with Crippen LogP contribution in [0.15, 0.2) is 18.3 Å². The van der Waals surface area contributed by atoms with Gasteiger partial charge in [0, 0.05) is 32.8 Å². The van der Waals surface area contributed by atoms with Crippen molar-refractivity contribution in [2.24, 2.45) is 0 Å². The second-order valence-corrected chi connectivity index (χ2v) is 17.6. The van der Waals surface area contributed by atoms with Gasteiger partial charge in [0.2, 0.25) is 0 Å². The third kappa shape index (κ3) is 6.96. The van der Waals surface area contributed by atoms with Crippen LogP contribution < -0.4 is 0 Å². The highest BCUT2D eigenvalue weighted by Gasteiger charge is 2.40. The molecule has 1 aromatic heterocycles. The highest BCUT2D eigenvalue weighted by molar-refractivity contribution is 9.09. The minimum Gasteiger partial charge on any atom is -0.417 e. The molecule has 0 N–H and O–H groups in total. The molecule has 2 unspecified atom stereocenters. The van der Waals surface area contributed by atoms with Crippen molar-refractivity contribution >= 4 is 35.2 Å². The minimum absolute atomic E-state index is 0.0162. The fourth-order valence-corrected chi connectivity index (χ4v) is 6.26. The van der Waals surface area contributed by atoms with E-state index in [9.17, 15) is 0 Å². The molecule has 0 spiro atoms. The van der Waals surface area contributed by atoms with Crippen molar-refractivity contribution in [1.29, 1.82) is 0 Å². The molecule has 4 rings (SSSR count). The third-order valence-electron chi connectivity index (χ3n) is 7.78. The van der Waals surface area contributed by atoms with E-state index in [1.807, 2.05) is 6.20 Å². The zero-order valence-corrected chi connectivity index (χ0v) is 25.4. The predicted molar refractivity (Wildman–Crippen MR) is 149 cm³/mol. The number of ether oxygens (including phenoxy) is 3. The van der Waals surface area contributed by atoms with Crippen LogP contribution in [0.3, 0.4) is 0 Å². The monoisotopic (exact) mass is 568 g/mol. The van der Waals surface area contributed by atoms with E-state index in [0.717, 1.165) is 45.3 Å². The van der Waals surface area contributed by atoms with E-state index in [-0.39, 0.29) is 15.6 Å². The quantitative estimate of drug-likeness (QED) is 0.195. The Kier molecular flexibility index (Phi) is 10.0. The summed E-state index contributed by atoms with van der Waals surface area (Å²) in [5.41, 5.74) is 4.08. The van der Waals surface area contributed by atoms with Crippen molar-refractivity contribution in [3.05, 3.63) is 29.5 Å². The molecule has 2 aromatic rings. The summed E-state index contributed by atoms with van der Waals surface area (Å²) in [7, 11) is 1.59. The number of benzene rings is 1. The molecule has 1 aliphatic carbocycles. The van der Waals surface area contributed by atoms with Gasteiger partial charge in [-0.3, -0.25) is 0 Å². The van der Waals surface area contributed by atoms with Crippen LogP contribution >= 0.6 is 15.9 Å². The lowest BCUT2D eigenvalue weighted by Crippen LogP contribution is -2.41. The van der Waals surface area contributed by atoms with E-state index >= 15 is 0 Å². The van der Waals surface area contributed by atoms with E-state index in [4.69, 9.17) is 9.16 Å². The summed E-state index contributed by atoms with van der Waals surface area (Å²) in [5.74, 6) is 0. The lowest BCUT2D eigenvalue weighted by Gasteiger charge is -2.37. The number of methoxy groups -OCH3 is 2. The summed E-state index contributed by atoms with van der Waals surface area (Å²) in [6, 6.07) is 4.71.